The summed E-state index contributed by atoms with van der Waals surface area (Å²) >= 11 is 0. The summed E-state index contributed by atoms with van der Waals surface area (Å²) in [5.41, 5.74) is 1.69. The molecule has 0 saturated carbocycles. The Morgan fingerprint density at radius 3 is 2.43 bits per heavy atom. The van der Waals surface area contributed by atoms with Crippen LogP contribution < -0.4 is 0 Å². The summed E-state index contributed by atoms with van der Waals surface area (Å²) < 4.78 is 26.8. The van der Waals surface area contributed by atoms with Gasteiger partial charge in [0.05, 0.1) is 27.9 Å². The molecule has 0 spiro atoms. The highest BCUT2D eigenvalue weighted by atomic mass is 32.2. The minimum absolute atomic E-state index is 0.311. The minimum atomic E-state index is -1.23. The summed E-state index contributed by atoms with van der Waals surface area (Å²) in [5.74, 6) is -0.0186. The lowest BCUT2D eigenvalue weighted by Gasteiger charge is -2.01. The highest BCUT2D eigenvalue weighted by molar-refractivity contribution is 7.84. The first-order valence-corrected chi connectivity index (χ1v) is 7.78. The third kappa shape index (κ3) is 3.25. The summed E-state index contributed by atoms with van der Waals surface area (Å²) in [7, 11) is -1.23. The molecule has 1 aromatic heterocycles. The molecule has 3 nitrogen and oxygen atoms in total. The molecular weight excluding hydrogens is 287 g/mol. The van der Waals surface area contributed by atoms with Gasteiger partial charge in [0.25, 0.3) is 0 Å². The van der Waals surface area contributed by atoms with Crippen LogP contribution in [-0.2, 0) is 16.6 Å². The third-order valence-electron chi connectivity index (χ3n) is 3.02. The molecule has 106 valence electrons. The van der Waals surface area contributed by atoms with Gasteiger partial charge in [-0.25, -0.2) is 9.07 Å². The Kier molecular flexibility index (Phi) is 3.92. The van der Waals surface area contributed by atoms with Gasteiger partial charge in [0.2, 0.25) is 0 Å². The number of nitrogens with zero attached hydrogens (tertiary/aromatic N) is 2. The molecule has 0 N–H and O–H groups in total. The maximum Gasteiger partial charge on any atom is 0.123 e. The number of halogens is 1. The van der Waals surface area contributed by atoms with Crippen LogP contribution in [0.15, 0.2) is 71.8 Å². The quantitative estimate of drug-likeness (QED) is 0.741. The molecule has 1 heterocycles. The predicted molar refractivity (Wildman–Crippen MR) is 80.1 cm³/mol. The zero-order chi connectivity index (χ0) is 14.7. The van der Waals surface area contributed by atoms with Gasteiger partial charge in [0.1, 0.15) is 5.82 Å². The van der Waals surface area contributed by atoms with Gasteiger partial charge in [-0.05, 0) is 42.5 Å². The minimum Gasteiger partial charge on any atom is -0.254 e. The number of rotatable bonds is 4. The summed E-state index contributed by atoms with van der Waals surface area (Å²) in [6, 6.07) is 17.3. The molecule has 0 fully saturated rings. The van der Waals surface area contributed by atoms with Crippen molar-refractivity contribution in [1.82, 2.24) is 9.78 Å². The van der Waals surface area contributed by atoms with E-state index in [1.54, 1.807) is 16.8 Å². The molecule has 0 aliphatic carbocycles. The maximum atomic E-state index is 12.9. The number of hydrogen-bond acceptors (Lipinski definition) is 2. The van der Waals surface area contributed by atoms with Gasteiger partial charge in [0.15, 0.2) is 0 Å². The largest absolute Gasteiger partial charge is 0.254 e. The Hall–Kier alpha value is -2.27. The van der Waals surface area contributed by atoms with Crippen molar-refractivity contribution in [3.63, 3.8) is 0 Å². The molecule has 1 atom stereocenters. The van der Waals surface area contributed by atoms with Crippen molar-refractivity contribution < 1.29 is 8.60 Å². The molecule has 0 aliphatic rings. The van der Waals surface area contributed by atoms with E-state index in [2.05, 4.69) is 5.10 Å². The second-order valence-corrected chi connectivity index (χ2v) is 5.98. The van der Waals surface area contributed by atoms with E-state index >= 15 is 0 Å². The Labute approximate surface area is 124 Å². The first-order chi connectivity index (χ1) is 10.2. The summed E-state index contributed by atoms with van der Waals surface area (Å²) in [6.45, 7) is 0. The summed E-state index contributed by atoms with van der Waals surface area (Å²) in [6.07, 6.45) is 1.84. The van der Waals surface area contributed by atoms with Crippen molar-refractivity contribution in [2.24, 2.45) is 0 Å². The van der Waals surface area contributed by atoms with E-state index in [9.17, 15) is 8.60 Å². The zero-order valence-corrected chi connectivity index (χ0v) is 12.0. The van der Waals surface area contributed by atoms with Crippen molar-refractivity contribution in [1.29, 1.82) is 0 Å². The van der Waals surface area contributed by atoms with Gasteiger partial charge in [-0.2, -0.15) is 5.10 Å². The smallest absolute Gasteiger partial charge is 0.123 e. The van der Waals surface area contributed by atoms with Crippen LogP contribution in [0.4, 0.5) is 4.39 Å². The Morgan fingerprint density at radius 1 is 1.00 bits per heavy atom. The van der Waals surface area contributed by atoms with Crippen molar-refractivity contribution in [3.05, 3.63) is 78.4 Å². The third-order valence-corrected chi connectivity index (χ3v) is 4.38. The Morgan fingerprint density at radius 2 is 1.71 bits per heavy atom. The molecular formula is C16H13FN2OS. The number of benzene rings is 2. The maximum absolute atomic E-state index is 12.9. The monoisotopic (exact) mass is 300 g/mol. The van der Waals surface area contributed by atoms with E-state index in [1.807, 2.05) is 42.6 Å². The van der Waals surface area contributed by atoms with Crippen LogP contribution in [0.5, 0.6) is 0 Å². The zero-order valence-electron chi connectivity index (χ0n) is 11.1. The standard InChI is InChI=1S/C16H13FN2OS/c17-13-6-8-16(9-7-13)21(20)12-14-10-11-19(18-14)15-4-2-1-3-5-15/h1-11H,12H2. The summed E-state index contributed by atoms with van der Waals surface area (Å²) in [4.78, 5) is 0.602. The van der Waals surface area contributed by atoms with Gasteiger partial charge >= 0.3 is 0 Å². The van der Waals surface area contributed by atoms with Crippen LogP contribution in [0.3, 0.4) is 0 Å². The first kappa shape index (κ1) is 13.7. The summed E-state index contributed by atoms with van der Waals surface area (Å²) in [5, 5.41) is 4.41. The molecule has 0 bridgehead atoms. The second-order valence-electron chi connectivity index (χ2n) is 4.53. The molecule has 3 rings (SSSR count). The molecule has 5 heteroatoms. The van der Waals surface area contributed by atoms with Gasteiger partial charge < -0.3 is 0 Å². The fraction of sp³-hybridized carbons (Fsp3) is 0.0625. The highest BCUT2D eigenvalue weighted by Gasteiger charge is 2.08. The van der Waals surface area contributed by atoms with Crippen LogP contribution in [0, 0.1) is 5.82 Å². The topological polar surface area (TPSA) is 34.9 Å². The normalized spacial score (nSPS) is 12.2. The lowest BCUT2D eigenvalue weighted by atomic mass is 10.3. The average Bonchev–Trinajstić information content (AvgIpc) is 2.97. The molecule has 3 aromatic rings. The Bertz CT molecular complexity index is 753. The van der Waals surface area contributed by atoms with E-state index < -0.39 is 10.8 Å². The van der Waals surface area contributed by atoms with E-state index in [4.69, 9.17) is 0 Å². The van der Waals surface area contributed by atoms with Gasteiger partial charge in [-0.3, -0.25) is 4.21 Å². The van der Waals surface area contributed by atoms with Gasteiger partial charge in [0, 0.05) is 11.1 Å². The van der Waals surface area contributed by atoms with Crippen LogP contribution in [0.1, 0.15) is 5.69 Å². The molecule has 0 saturated heterocycles. The lowest BCUT2D eigenvalue weighted by molar-refractivity contribution is 0.626. The fourth-order valence-electron chi connectivity index (χ4n) is 1.97. The number of aromatic nitrogens is 2. The van der Waals surface area contributed by atoms with Crippen molar-refractivity contribution in [3.8, 4) is 5.69 Å². The van der Waals surface area contributed by atoms with Crippen LogP contribution in [-0.4, -0.2) is 14.0 Å². The predicted octanol–water partition coefficient (Wildman–Crippen LogP) is 3.32. The molecule has 0 aliphatic heterocycles. The van der Waals surface area contributed by atoms with E-state index in [1.165, 1.54) is 12.1 Å². The van der Waals surface area contributed by atoms with Crippen LogP contribution in [0.2, 0.25) is 0 Å². The van der Waals surface area contributed by atoms with Crippen molar-refractivity contribution in [2.75, 3.05) is 0 Å². The van der Waals surface area contributed by atoms with Gasteiger partial charge in [-0.15, -0.1) is 0 Å². The second kappa shape index (κ2) is 6.01. The fourth-order valence-corrected chi connectivity index (χ4v) is 3.00. The molecule has 2 aromatic carbocycles. The first-order valence-electron chi connectivity index (χ1n) is 6.46. The molecule has 1 unspecified atom stereocenters. The lowest BCUT2D eigenvalue weighted by Crippen LogP contribution is -2.00. The molecule has 0 amide bonds. The van der Waals surface area contributed by atoms with E-state index in [-0.39, 0.29) is 5.82 Å². The molecule has 0 radical (unpaired) electrons. The van der Waals surface area contributed by atoms with E-state index in [0.29, 0.717) is 10.6 Å². The Balaban J connectivity index is 1.75. The molecule has 21 heavy (non-hydrogen) atoms. The number of para-hydroxylation sites is 1. The highest BCUT2D eigenvalue weighted by Crippen LogP contribution is 2.13. The van der Waals surface area contributed by atoms with Crippen molar-refractivity contribution in [2.45, 2.75) is 10.6 Å². The van der Waals surface area contributed by atoms with E-state index in [0.717, 1.165) is 11.4 Å². The van der Waals surface area contributed by atoms with Gasteiger partial charge in [-0.1, -0.05) is 18.2 Å². The van der Waals surface area contributed by atoms with Crippen LogP contribution >= 0.6 is 0 Å². The SMILES string of the molecule is O=S(Cc1ccn(-c2ccccc2)n1)c1ccc(F)cc1. The average molecular weight is 300 g/mol. The van der Waals surface area contributed by atoms with Crippen molar-refractivity contribution >= 4 is 10.8 Å². The number of hydrogen-bond donors (Lipinski definition) is 0. The van der Waals surface area contributed by atoms with Crippen LogP contribution in [0.25, 0.3) is 5.69 Å².